The molecule has 0 aromatic rings. The highest BCUT2D eigenvalue weighted by atomic mass is 16.5. The number of allylic oxidation sites excluding steroid dienone is 2. The third-order valence-electron chi connectivity index (χ3n) is 4.40. The molecule has 0 amide bonds. The van der Waals surface area contributed by atoms with Gasteiger partial charge in [0.05, 0.1) is 0 Å². The van der Waals surface area contributed by atoms with E-state index in [-0.39, 0.29) is 0 Å². The summed E-state index contributed by atoms with van der Waals surface area (Å²) in [4.78, 5) is 12.0. The first-order valence-electron chi connectivity index (χ1n) is 7.10. The van der Waals surface area contributed by atoms with Crippen molar-refractivity contribution in [2.45, 2.75) is 65.4 Å². The summed E-state index contributed by atoms with van der Waals surface area (Å²) in [6.45, 7) is 6.66. The zero-order valence-corrected chi connectivity index (χ0v) is 11.3. The predicted molar refractivity (Wildman–Crippen MR) is 68.6 cm³/mol. The van der Waals surface area contributed by atoms with Crippen LogP contribution in [0.5, 0.6) is 0 Å². The Morgan fingerprint density at radius 2 is 2.12 bits per heavy atom. The summed E-state index contributed by atoms with van der Waals surface area (Å²) in [7, 11) is 0. The molecule has 0 radical (unpaired) electrons. The van der Waals surface area contributed by atoms with E-state index in [9.17, 15) is 4.79 Å². The van der Waals surface area contributed by atoms with Crippen molar-refractivity contribution in [2.24, 2.45) is 11.8 Å². The van der Waals surface area contributed by atoms with Gasteiger partial charge in [-0.2, -0.15) is 0 Å². The Bertz CT molecular complexity index is 330. The van der Waals surface area contributed by atoms with Crippen molar-refractivity contribution in [3.05, 3.63) is 11.3 Å². The van der Waals surface area contributed by atoms with Crippen molar-refractivity contribution in [1.29, 1.82) is 0 Å². The number of ketones is 1. The van der Waals surface area contributed by atoms with Crippen molar-refractivity contribution in [3.63, 3.8) is 0 Å². The van der Waals surface area contributed by atoms with E-state index in [0.29, 0.717) is 23.7 Å². The topological polar surface area (TPSA) is 26.3 Å². The molecule has 0 saturated carbocycles. The number of hydrogen-bond donors (Lipinski definition) is 0. The van der Waals surface area contributed by atoms with Crippen LogP contribution in [0.15, 0.2) is 11.3 Å². The van der Waals surface area contributed by atoms with Crippen LogP contribution in [-0.2, 0) is 9.53 Å². The van der Waals surface area contributed by atoms with Gasteiger partial charge in [-0.25, -0.2) is 0 Å². The van der Waals surface area contributed by atoms with Crippen LogP contribution in [0.3, 0.4) is 0 Å². The third-order valence-corrected chi connectivity index (χ3v) is 4.40. The Morgan fingerprint density at radius 1 is 1.35 bits per heavy atom. The summed E-state index contributed by atoms with van der Waals surface area (Å²) < 4.78 is 6.10. The van der Waals surface area contributed by atoms with E-state index in [4.69, 9.17) is 4.74 Å². The van der Waals surface area contributed by atoms with Crippen LogP contribution in [0.1, 0.15) is 59.3 Å². The molecule has 2 aliphatic rings. The Morgan fingerprint density at radius 3 is 2.76 bits per heavy atom. The third kappa shape index (κ3) is 2.41. The Balaban J connectivity index is 2.24. The highest BCUT2D eigenvalue weighted by molar-refractivity contribution is 5.97. The second-order valence-electron chi connectivity index (χ2n) is 5.50. The smallest absolute Gasteiger partial charge is 0.162 e. The van der Waals surface area contributed by atoms with Crippen LogP contribution < -0.4 is 0 Å². The van der Waals surface area contributed by atoms with Crippen LogP contribution in [0.4, 0.5) is 0 Å². The molecule has 0 saturated heterocycles. The molecule has 0 aromatic carbocycles. The van der Waals surface area contributed by atoms with Gasteiger partial charge in [-0.15, -0.1) is 0 Å². The van der Waals surface area contributed by atoms with Crippen LogP contribution in [0.2, 0.25) is 0 Å². The van der Waals surface area contributed by atoms with E-state index < -0.39 is 0 Å². The van der Waals surface area contributed by atoms with E-state index in [1.165, 1.54) is 0 Å². The molecule has 0 N–H and O–H groups in total. The molecule has 0 fully saturated rings. The molecule has 2 heteroatoms. The maximum absolute atomic E-state index is 12.0. The monoisotopic (exact) mass is 236 g/mol. The molecular formula is C15H24O2. The fourth-order valence-electron chi connectivity index (χ4n) is 3.02. The number of carbonyl (C=O) groups is 1. The molecule has 3 unspecified atom stereocenters. The van der Waals surface area contributed by atoms with Gasteiger partial charge in [0.25, 0.3) is 0 Å². The lowest BCUT2D eigenvalue weighted by atomic mass is 9.78. The van der Waals surface area contributed by atoms with Crippen LogP contribution in [-0.4, -0.2) is 11.9 Å². The molecule has 1 aliphatic carbocycles. The summed E-state index contributed by atoms with van der Waals surface area (Å²) in [5.74, 6) is 2.42. The molecular weight excluding hydrogens is 212 g/mol. The molecule has 2 nitrogen and oxygen atoms in total. The predicted octanol–water partition coefficient (Wildman–Crippen LogP) is 3.85. The SMILES string of the molecule is CCC1CC(C(C)CC)OC2=C1C(=O)CCC2. The molecule has 0 aromatic heterocycles. The van der Waals surface area contributed by atoms with Crippen molar-refractivity contribution >= 4 is 5.78 Å². The van der Waals surface area contributed by atoms with Crippen molar-refractivity contribution in [1.82, 2.24) is 0 Å². The van der Waals surface area contributed by atoms with Gasteiger partial charge in [0.2, 0.25) is 0 Å². The highest BCUT2D eigenvalue weighted by Crippen LogP contribution is 2.40. The molecule has 0 bridgehead atoms. The maximum Gasteiger partial charge on any atom is 0.162 e. The molecule has 2 rings (SSSR count). The zero-order chi connectivity index (χ0) is 12.4. The number of Topliss-reactive ketones (excluding diaryl/α,β-unsaturated/α-hetero) is 1. The minimum Gasteiger partial charge on any atom is -0.494 e. The van der Waals surface area contributed by atoms with Crippen molar-refractivity contribution < 1.29 is 9.53 Å². The number of ether oxygens (including phenoxy) is 1. The molecule has 0 spiro atoms. The largest absolute Gasteiger partial charge is 0.494 e. The summed E-state index contributed by atoms with van der Waals surface area (Å²) in [5, 5.41) is 0. The fraction of sp³-hybridized carbons (Fsp3) is 0.800. The van der Waals surface area contributed by atoms with Gasteiger partial charge in [-0.05, 0) is 31.1 Å². The highest BCUT2D eigenvalue weighted by Gasteiger charge is 2.36. The van der Waals surface area contributed by atoms with Crippen LogP contribution in [0.25, 0.3) is 0 Å². The number of carbonyl (C=O) groups excluding carboxylic acids is 1. The van der Waals surface area contributed by atoms with E-state index in [2.05, 4.69) is 20.8 Å². The van der Waals surface area contributed by atoms with Crippen molar-refractivity contribution in [3.8, 4) is 0 Å². The first-order valence-corrected chi connectivity index (χ1v) is 7.10. The van der Waals surface area contributed by atoms with Gasteiger partial charge in [0, 0.05) is 18.4 Å². The standard InChI is InChI=1S/C15H24O2/c1-4-10(3)14-9-11(5-2)15-12(16)7-6-8-13(15)17-14/h10-11,14H,4-9H2,1-3H3. The summed E-state index contributed by atoms with van der Waals surface area (Å²) in [6, 6.07) is 0. The zero-order valence-electron chi connectivity index (χ0n) is 11.3. The lowest BCUT2D eigenvalue weighted by Gasteiger charge is -2.37. The first-order chi connectivity index (χ1) is 8.17. The van der Waals surface area contributed by atoms with Gasteiger partial charge in [0.1, 0.15) is 11.9 Å². The number of hydrogen-bond acceptors (Lipinski definition) is 2. The van der Waals surface area contributed by atoms with Gasteiger partial charge in [0.15, 0.2) is 5.78 Å². The average molecular weight is 236 g/mol. The van der Waals surface area contributed by atoms with Crippen LogP contribution in [0, 0.1) is 11.8 Å². The van der Waals surface area contributed by atoms with Crippen molar-refractivity contribution in [2.75, 3.05) is 0 Å². The van der Waals surface area contributed by atoms with Gasteiger partial charge < -0.3 is 4.74 Å². The van der Waals surface area contributed by atoms with E-state index in [1.807, 2.05) is 0 Å². The Kier molecular flexibility index (Phi) is 3.90. The Labute approximate surface area is 104 Å². The summed E-state index contributed by atoms with van der Waals surface area (Å²) in [6.07, 6.45) is 6.27. The molecule has 3 atom stereocenters. The quantitative estimate of drug-likeness (QED) is 0.744. The second kappa shape index (κ2) is 5.24. The minimum absolute atomic E-state index is 0.328. The van der Waals surface area contributed by atoms with E-state index >= 15 is 0 Å². The van der Waals surface area contributed by atoms with Crippen LogP contribution >= 0.6 is 0 Å². The summed E-state index contributed by atoms with van der Waals surface area (Å²) in [5.41, 5.74) is 1.04. The van der Waals surface area contributed by atoms with Gasteiger partial charge in [-0.3, -0.25) is 4.79 Å². The van der Waals surface area contributed by atoms with Gasteiger partial charge >= 0.3 is 0 Å². The fourth-order valence-corrected chi connectivity index (χ4v) is 3.02. The molecule has 1 aliphatic heterocycles. The average Bonchev–Trinajstić information content (AvgIpc) is 2.36. The lowest BCUT2D eigenvalue weighted by molar-refractivity contribution is -0.118. The first kappa shape index (κ1) is 12.7. The van der Waals surface area contributed by atoms with E-state index in [0.717, 1.165) is 49.9 Å². The lowest BCUT2D eigenvalue weighted by Crippen LogP contribution is -2.34. The Hall–Kier alpha value is -0.790. The van der Waals surface area contributed by atoms with Gasteiger partial charge in [-0.1, -0.05) is 27.2 Å². The minimum atomic E-state index is 0.328. The number of rotatable bonds is 3. The second-order valence-corrected chi connectivity index (χ2v) is 5.50. The van der Waals surface area contributed by atoms with E-state index in [1.54, 1.807) is 0 Å². The maximum atomic E-state index is 12.0. The molecule has 1 heterocycles. The molecule has 96 valence electrons. The molecule has 17 heavy (non-hydrogen) atoms. The normalized spacial score (nSPS) is 30.9. The summed E-state index contributed by atoms with van der Waals surface area (Å²) >= 11 is 0.